The molecule has 0 aliphatic heterocycles. The van der Waals surface area contributed by atoms with Crippen LogP contribution >= 0.6 is 11.3 Å². The molecule has 0 fully saturated rings. The van der Waals surface area contributed by atoms with E-state index in [2.05, 4.69) is 22.3 Å². The average molecular weight is 250 g/mol. The molecule has 0 bridgehead atoms. The average Bonchev–Trinajstić information content (AvgIpc) is 2.99. The van der Waals surface area contributed by atoms with Gasteiger partial charge < -0.3 is 5.32 Å². The van der Waals surface area contributed by atoms with E-state index in [4.69, 9.17) is 0 Å². The normalized spacial score (nSPS) is 12.8. The molecule has 0 saturated carbocycles. The Morgan fingerprint density at radius 2 is 2.41 bits per heavy atom. The molecule has 1 atom stereocenters. The molecule has 0 radical (unpaired) electrons. The highest BCUT2D eigenvalue weighted by Crippen LogP contribution is 2.04. The van der Waals surface area contributed by atoms with Gasteiger partial charge in [0.15, 0.2) is 0 Å². The molecule has 4 nitrogen and oxygen atoms in total. The zero-order chi connectivity index (χ0) is 11.9. The van der Waals surface area contributed by atoms with Crippen LogP contribution in [0, 0.1) is 0 Å². The van der Waals surface area contributed by atoms with E-state index in [0.717, 1.165) is 25.9 Å². The highest BCUT2D eigenvalue weighted by molar-refractivity contribution is 7.09. The van der Waals surface area contributed by atoms with Crippen LogP contribution in [0.25, 0.3) is 0 Å². The minimum absolute atomic E-state index is 0.513. The molecule has 2 heterocycles. The zero-order valence-corrected chi connectivity index (χ0v) is 10.9. The first-order valence-corrected chi connectivity index (χ1v) is 6.82. The Bertz CT molecular complexity index is 396. The number of hydrogen-bond acceptors (Lipinski definition) is 4. The molecule has 2 rings (SSSR count). The van der Waals surface area contributed by atoms with Crippen molar-refractivity contribution in [1.29, 1.82) is 0 Å². The molecule has 5 heteroatoms. The van der Waals surface area contributed by atoms with Gasteiger partial charge in [-0.05, 0) is 19.4 Å². The standard InChI is InChI=1S/C12H18N4S/c1-11(4-9-16-8-2-5-15-16)13-6-3-12-14-7-10-17-12/h2,5,7-8,10-11,13H,3-4,6,9H2,1H3. The van der Waals surface area contributed by atoms with E-state index in [-0.39, 0.29) is 0 Å². The second-order valence-electron chi connectivity index (χ2n) is 4.09. The Morgan fingerprint density at radius 1 is 1.47 bits per heavy atom. The van der Waals surface area contributed by atoms with Crippen molar-refractivity contribution in [1.82, 2.24) is 20.1 Å². The predicted octanol–water partition coefficient (Wildman–Crippen LogP) is 1.95. The molecule has 2 aromatic heterocycles. The number of aromatic nitrogens is 3. The summed E-state index contributed by atoms with van der Waals surface area (Å²) in [5, 5.41) is 10.9. The molecule has 92 valence electrons. The van der Waals surface area contributed by atoms with Crippen LogP contribution in [0.2, 0.25) is 0 Å². The van der Waals surface area contributed by atoms with Crippen molar-refractivity contribution in [3.63, 3.8) is 0 Å². The van der Waals surface area contributed by atoms with Gasteiger partial charge in [-0.25, -0.2) is 4.98 Å². The topological polar surface area (TPSA) is 42.7 Å². The number of nitrogens with zero attached hydrogens (tertiary/aromatic N) is 3. The maximum absolute atomic E-state index is 4.26. The van der Waals surface area contributed by atoms with Crippen LogP contribution in [0.3, 0.4) is 0 Å². The van der Waals surface area contributed by atoms with Crippen molar-refractivity contribution < 1.29 is 0 Å². The van der Waals surface area contributed by atoms with Gasteiger partial charge in [0.25, 0.3) is 0 Å². The minimum atomic E-state index is 0.513. The summed E-state index contributed by atoms with van der Waals surface area (Å²) in [6.45, 7) is 4.18. The summed E-state index contributed by atoms with van der Waals surface area (Å²) < 4.78 is 1.97. The first-order chi connectivity index (χ1) is 8.34. The van der Waals surface area contributed by atoms with Gasteiger partial charge in [-0.2, -0.15) is 5.10 Å². The van der Waals surface area contributed by atoms with Gasteiger partial charge in [-0.1, -0.05) is 0 Å². The zero-order valence-electron chi connectivity index (χ0n) is 10.0. The molecule has 0 saturated heterocycles. The second-order valence-corrected chi connectivity index (χ2v) is 5.07. The number of rotatable bonds is 7. The quantitative estimate of drug-likeness (QED) is 0.816. The number of hydrogen-bond donors (Lipinski definition) is 1. The summed E-state index contributed by atoms with van der Waals surface area (Å²) in [6, 6.07) is 2.47. The SMILES string of the molecule is CC(CCn1cccn1)NCCc1nccs1. The summed E-state index contributed by atoms with van der Waals surface area (Å²) in [4.78, 5) is 4.26. The van der Waals surface area contributed by atoms with Gasteiger partial charge in [0, 0.05) is 49.5 Å². The van der Waals surface area contributed by atoms with Gasteiger partial charge >= 0.3 is 0 Å². The molecular formula is C12H18N4S. The van der Waals surface area contributed by atoms with Crippen molar-refractivity contribution in [2.24, 2.45) is 0 Å². The third-order valence-corrected chi connectivity index (χ3v) is 3.50. The van der Waals surface area contributed by atoms with Gasteiger partial charge in [0.1, 0.15) is 0 Å². The first kappa shape index (κ1) is 12.3. The van der Waals surface area contributed by atoms with Gasteiger partial charge in [0.05, 0.1) is 5.01 Å². The summed E-state index contributed by atoms with van der Waals surface area (Å²) in [5.41, 5.74) is 0. The maximum atomic E-state index is 4.26. The van der Waals surface area contributed by atoms with Crippen LogP contribution in [0.5, 0.6) is 0 Å². The predicted molar refractivity (Wildman–Crippen MR) is 70.1 cm³/mol. The van der Waals surface area contributed by atoms with Crippen LogP contribution < -0.4 is 5.32 Å². The maximum Gasteiger partial charge on any atom is 0.0937 e. The van der Waals surface area contributed by atoms with Crippen LogP contribution in [-0.4, -0.2) is 27.4 Å². The number of nitrogens with one attached hydrogen (secondary N) is 1. The van der Waals surface area contributed by atoms with Crippen LogP contribution in [0.4, 0.5) is 0 Å². The number of thiazole rings is 1. The third-order valence-electron chi connectivity index (χ3n) is 2.67. The number of aryl methyl sites for hydroxylation is 1. The molecule has 0 spiro atoms. The fourth-order valence-corrected chi connectivity index (χ4v) is 2.28. The van der Waals surface area contributed by atoms with Crippen molar-refractivity contribution in [2.45, 2.75) is 32.4 Å². The lowest BCUT2D eigenvalue weighted by atomic mass is 10.2. The summed E-state index contributed by atoms with van der Waals surface area (Å²) in [6.07, 6.45) is 7.80. The molecule has 0 aliphatic rings. The Morgan fingerprint density at radius 3 is 3.12 bits per heavy atom. The lowest BCUT2D eigenvalue weighted by molar-refractivity contribution is 0.461. The van der Waals surface area contributed by atoms with Gasteiger partial charge in [-0.15, -0.1) is 11.3 Å². The molecule has 17 heavy (non-hydrogen) atoms. The second kappa shape index (κ2) is 6.51. The monoisotopic (exact) mass is 250 g/mol. The van der Waals surface area contributed by atoms with E-state index < -0.39 is 0 Å². The van der Waals surface area contributed by atoms with E-state index >= 15 is 0 Å². The van der Waals surface area contributed by atoms with E-state index in [1.54, 1.807) is 11.3 Å². The molecule has 2 aromatic rings. The third kappa shape index (κ3) is 4.28. The molecule has 0 amide bonds. The highest BCUT2D eigenvalue weighted by Gasteiger charge is 2.02. The molecule has 0 aromatic carbocycles. The van der Waals surface area contributed by atoms with E-state index in [0.29, 0.717) is 6.04 Å². The molecule has 1 N–H and O–H groups in total. The van der Waals surface area contributed by atoms with Crippen molar-refractivity contribution in [3.05, 3.63) is 35.0 Å². The van der Waals surface area contributed by atoms with Crippen molar-refractivity contribution >= 4 is 11.3 Å². The summed E-state index contributed by atoms with van der Waals surface area (Å²) in [5.74, 6) is 0. The van der Waals surface area contributed by atoms with Crippen LogP contribution in [-0.2, 0) is 13.0 Å². The van der Waals surface area contributed by atoms with E-state index in [1.807, 2.05) is 34.7 Å². The van der Waals surface area contributed by atoms with Crippen LogP contribution in [0.15, 0.2) is 30.0 Å². The highest BCUT2D eigenvalue weighted by atomic mass is 32.1. The van der Waals surface area contributed by atoms with E-state index in [1.165, 1.54) is 5.01 Å². The van der Waals surface area contributed by atoms with Crippen molar-refractivity contribution in [3.8, 4) is 0 Å². The summed E-state index contributed by atoms with van der Waals surface area (Å²) >= 11 is 1.72. The Hall–Kier alpha value is -1.20. The van der Waals surface area contributed by atoms with Gasteiger partial charge in [-0.3, -0.25) is 4.68 Å². The Balaban J connectivity index is 1.59. The molecule has 0 aliphatic carbocycles. The molecule has 1 unspecified atom stereocenters. The molecular weight excluding hydrogens is 232 g/mol. The van der Waals surface area contributed by atoms with Crippen LogP contribution in [0.1, 0.15) is 18.4 Å². The summed E-state index contributed by atoms with van der Waals surface area (Å²) in [7, 11) is 0. The Kier molecular flexibility index (Phi) is 4.70. The first-order valence-electron chi connectivity index (χ1n) is 5.94. The largest absolute Gasteiger partial charge is 0.314 e. The smallest absolute Gasteiger partial charge is 0.0937 e. The fraction of sp³-hybridized carbons (Fsp3) is 0.500. The fourth-order valence-electron chi connectivity index (χ4n) is 1.66. The lowest BCUT2D eigenvalue weighted by Crippen LogP contribution is -2.29. The lowest BCUT2D eigenvalue weighted by Gasteiger charge is -2.13. The van der Waals surface area contributed by atoms with E-state index in [9.17, 15) is 0 Å². The minimum Gasteiger partial charge on any atom is -0.314 e. The van der Waals surface area contributed by atoms with Gasteiger partial charge in [0.2, 0.25) is 0 Å². The van der Waals surface area contributed by atoms with Crippen molar-refractivity contribution in [2.75, 3.05) is 6.54 Å². The Labute approximate surface area is 106 Å².